The number of nitrogens with zero attached hydrogens (tertiary/aromatic N) is 4. The van der Waals surface area contributed by atoms with E-state index in [9.17, 15) is 24.3 Å². The topological polar surface area (TPSA) is 113 Å². The number of phenols is 1. The molecule has 258 valence electrons. The first-order valence-corrected chi connectivity index (χ1v) is 19.0. The lowest BCUT2D eigenvalue weighted by Crippen LogP contribution is -2.48. The third-order valence-corrected chi connectivity index (χ3v) is 14.1. The van der Waals surface area contributed by atoms with Crippen LogP contribution in [0, 0.1) is 36.0 Å². The number of benzene rings is 2. The quantitative estimate of drug-likeness (QED) is 0.148. The van der Waals surface area contributed by atoms with Gasteiger partial charge in [-0.1, -0.05) is 41.4 Å². The molecule has 2 saturated heterocycles. The first kappa shape index (κ1) is 32.3. The Kier molecular flexibility index (Phi) is 7.27. The van der Waals surface area contributed by atoms with Crippen LogP contribution in [0.4, 0.5) is 5.82 Å². The number of halogens is 1. The smallest absolute Gasteiger partial charge is 0.242 e. The average Bonchev–Trinajstić information content (AvgIpc) is 3.91. The Balaban J connectivity index is 1.13. The summed E-state index contributed by atoms with van der Waals surface area (Å²) in [4.78, 5) is 62.2. The Morgan fingerprint density at radius 2 is 1.82 bits per heavy atom. The second-order valence-electron chi connectivity index (χ2n) is 14.3. The van der Waals surface area contributed by atoms with Crippen molar-refractivity contribution in [1.82, 2.24) is 14.7 Å². The molecule has 0 bridgehead atoms. The van der Waals surface area contributed by atoms with Crippen molar-refractivity contribution in [2.24, 2.45) is 36.1 Å². The van der Waals surface area contributed by atoms with Crippen LogP contribution in [0.2, 0.25) is 5.02 Å². The van der Waals surface area contributed by atoms with Crippen molar-refractivity contribution in [3.8, 4) is 16.3 Å². The van der Waals surface area contributed by atoms with Gasteiger partial charge in [-0.3, -0.25) is 28.8 Å². The van der Waals surface area contributed by atoms with Crippen molar-refractivity contribution < 1.29 is 24.3 Å². The highest BCUT2D eigenvalue weighted by Crippen LogP contribution is 2.64. The molecule has 9 rings (SSSR count). The molecule has 6 unspecified atom stereocenters. The molecule has 3 aromatic heterocycles. The van der Waals surface area contributed by atoms with Crippen LogP contribution in [0.3, 0.4) is 0 Å². The van der Waals surface area contributed by atoms with Gasteiger partial charge in [-0.25, -0.2) is 4.90 Å². The predicted octanol–water partition coefficient (Wildman–Crippen LogP) is 7.46. The molecule has 0 radical (unpaired) electrons. The van der Waals surface area contributed by atoms with E-state index >= 15 is 0 Å². The molecule has 4 amide bonds. The van der Waals surface area contributed by atoms with Crippen molar-refractivity contribution in [3.63, 3.8) is 0 Å². The average molecular weight is 737 g/mol. The lowest BCUT2D eigenvalue weighted by molar-refractivity contribution is -0.141. The molecule has 5 heterocycles. The second-order valence-corrected chi connectivity index (χ2v) is 16.8. The van der Waals surface area contributed by atoms with E-state index in [1.54, 1.807) is 47.3 Å². The number of likely N-dealkylation sites (tertiary alicyclic amines) is 1. The summed E-state index contributed by atoms with van der Waals surface area (Å²) in [7, 11) is 1.73. The number of phenolic OH excluding ortho intramolecular Hbond substituents is 1. The number of allylic oxidation sites excluding steroid dienone is 2. The van der Waals surface area contributed by atoms with Gasteiger partial charge >= 0.3 is 0 Å². The number of amides is 4. The van der Waals surface area contributed by atoms with Crippen molar-refractivity contribution in [3.05, 3.63) is 98.7 Å². The number of aromatic hydroxyl groups is 1. The Labute approximate surface area is 306 Å². The minimum atomic E-state index is -1.23. The van der Waals surface area contributed by atoms with Crippen molar-refractivity contribution in [1.29, 1.82) is 0 Å². The van der Waals surface area contributed by atoms with Crippen LogP contribution in [-0.4, -0.2) is 43.4 Å². The number of hydrogen-bond donors (Lipinski definition) is 1. The highest BCUT2D eigenvalue weighted by atomic mass is 35.5. The molecule has 1 N–H and O–H groups in total. The standard InChI is InChI=1S/C39H33ClN4O5S2/c1-19-26-15-21(40)9-12-30(26)51-34(19)29-17-31(42(3)41-29)44-36(47)28-16-27-24(33(39(28,2)38(44)49)20-6-4-7-22(45)14-20)10-11-25-32(27)37(48)43(35(25)46)18-23-8-5-13-50-23/h4-10,12-15,17,25,27-28,32-33,45H,11,16,18H2,1-3H3. The lowest BCUT2D eigenvalue weighted by Gasteiger charge is -2.49. The van der Waals surface area contributed by atoms with E-state index in [4.69, 9.17) is 16.7 Å². The van der Waals surface area contributed by atoms with Crippen molar-refractivity contribution in [2.45, 2.75) is 39.2 Å². The molecule has 2 aliphatic carbocycles. The lowest BCUT2D eigenvalue weighted by atomic mass is 9.51. The van der Waals surface area contributed by atoms with Crippen LogP contribution < -0.4 is 4.90 Å². The fraction of sp³-hybridized carbons (Fsp3) is 0.308. The van der Waals surface area contributed by atoms with Gasteiger partial charge in [0.05, 0.1) is 34.6 Å². The maximum atomic E-state index is 15.0. The van der Waals surface area contributed by atoms with Crippen LogP contribution in [0.15, 0.2) is 77.7 Å². The molecule has 4 aliphatic rings. The monoisotopic (exact) mass is 736 g/mol. The van der Waals surface area contributed by atoms with E-state index in [0.717, 1.165) is 31.0 Å². The highest BCUT2D eigenvalue weighted by molar-refractivity contribution is 7.22. The summed E-state index contributed by atoms with van der Waals surface area (Å²) in [5, 5.41) is 19.0. The van der Waals surface area contributed by atoms with Crippen LogP contribution in [-0.2, 0) is 32.8 Å². The molecular weight excluding hydrogens is 704 g/mol. The Bertz CT molecular complexity index is 2360. The summed E-state index contributed by atoms with van der Waals surface area (Å²) in [5.74, 6) is -3.67. The molecule has 12 heteroatoms. The number of fused-ring (bicyclic) bond motifs is 5. The molecule has 0 spiro atoms. The predicted molar refractivity (Wildman–Crippen MR) is 196 cm³/mol. The van der Waals surface area contributed by atoms with Gasteiger partial charge in [0, 0.05) is 33.6 Å². The minimum Gasteiger partial charge on any atom is -0.508 e. The van der Waals surface area contributed by atoms with Crippen molar-refractivity contribution in [2.75, 3.05) is 4.90 Å². The van der Waals surface area contributed by atoms with Gasteiger partial charge in [0.1, 0.15) is 17.3 Å². The number of carbonyl (C=O) groups is 4. The van der Waals surface area contributed by atoms with Crippen LogP contribution >= 0.6 is 34.3 Å². The first-order chi connectivity index (χ1) is 24.5. The molecule has 51 heavy (non-hydrogen) atoms. The summed E-state index contributed by atoms with van der Waals surface area (Å²) in [6.45, 7) is 4.08. The van der Waals surface area contributed by atoms with Gasteiger partial charge in [0.2, 0.25) is 23.6 Å². The number of aromatic nitrogens is 2. The zero-order chi connectivity index (χ0) is 35.5. The summed E-state index contributed by atoms with van der Waals surface area (Å²) in [6, 6.07) is 18.2. The van der Waals surface area contributed by atoms with Crippen molar-refractivity contribution >= 4 is 73.8 Å². The summed E-state index contributed by atoms with van der Waals surface area (Å²) in [5.41, 5.74) is 2.01. The Morgan fingerprint density at radius 3 is 2.59 bits per heavy atom. The van der Waals surface area contributed by atoms with E-state index in [-0.39, 0.29) is 42.3 Å². The summed E-state index contributed by atoms with van der Waals surface area (Å²) < 4.78 is 2.64. The third-order valence-electron chi connectivity index (χ3n) is 11.7. The molecule has 9 nitrogen and oxygen atoms in total. The highest BCUT2D eigenvalue weighted by Gasteiger charge is 2.68. The minimum absolute atomic E-state index is 0.0446. The molecule has 2 aromatic carbocycles. The van der Waals surface area contributed by atoms with Gasteiger partial charge in [-0.05, 0) is 90.9 Å². The molecule has 1 saturated carbocycles. The molecule has 5 aromatic rings. The summed E-state index contributed by atoms with van der Waals surface area (Å²) >= 11 is 9.38. The van der Waals surface area contributed by atoms with Crippen LogP contribution in [0.1, 0.15) is 41.7 Å². The van der Waals surface area contributed by atoms with Gasteiger partial charge in [0.25, 0.3) is 0 Å². The normalized spacial score (nSPS) is 27.3. The number of imide groups is 2. The molecular formula is C39H33ClN4O5S2. The van der Waals surface area contributed by atoms with Gasteiger partial charge in [-0.2, -0.15) is 5.10 Å². The first-order valence-electron chi connectivity index (χ1n) is 16.9. The second kappa shape index (κ2) is 11.5. The van der Waals surface area contributed by atoms with E-state index < -0.39 is 35.0 Å². The van der Waals surface area contributed by atoms with Gasteiger partial charge in [0.15, 0.2) is 0 Å². The van der Waals surface area contributed by atoms with E-state index in [0.29, 0.717) is 28.5 Å². The van der Waals surface area contributed by atoms with Gasteiger partial charge in [-0.15, -0.1) is 22.7 Å². The number of anilines is 1. The molecule has 3 fully saturated rings. The maximum absolute atomic E-state index is 15.0. The molecule has 6 atom stereocenters. The van der Waals surface area contributed by atoms with E-state index in [1.165, 1.54) is 21.1 Å². The third kappa shape index (κ3) is 4.60. The maximum Gasteiger partial charge on any atom is 0.242 e. The fourth-order valence-electron chi connectivity index (χ4n) is 9.31. The number of aryl methyl sites for hydroxylation is 2. The Hall–Kier alpha value is -4.58. The van der Waals surface area contributed by atoms with E-state index in [2.05, 4.69) is 0 Å². The number of hydrogen-bond acceptors (Lipinski definition) is 8. The number of thiophene rings is 2. The fourth-order valence-corrected chi connectivity index (χ4v) is 11.3. The zero-order valence-electron chi connectivity index (χ0n) is 28.0. The zero-order valence-corrected chi connectivity index (χ0v) is 30.4. The Morgan fingerprint density at radius 1 is 1.00 bits per heavy atom. The summed E-state index contributed by atoms with van der Waals surface area (Å²) in [6.07, 6.45) is 2.66. The SMILES string of the molecule is Cc1c(-c2cc(N3C(=O)C4CC5C(=CCC6C(=O)N(Cc7cccs7)C(=O)C65)C(c5cccc(O)c5)C4(C)C3=O)n(C)n2)sc2ccc(Cl)cc12. The van der Waals surface area contributed by atoms with Crippen LogP contribution in [0.5, 0.6) is 5.75 Å². The van der Waals surface area contributed by atoms with Gasteiger partial charge < -0.3 is 5.11 Å². The largest absolute Gasteiger partial charge is 0.508 e. The van der Waals surface area contributed by atoms with E-state index in [1.807, 2.05) is 61.7 Å². The molecule has 2 aliphatic heterocycles. The number of rotatable bonds is 5. The number of carbonyl (C=O) groups excluding carboxylic acids is 4. The van der Waals surface area contributed by atoms with Crippen LogP contribution in [0.25, 0.3) is 20.7 Å².